The van der Waals surface area contributed by atoms with E-state index in [2.05, 4.69) is 0 Å². The zero-order chi connectivity index (χ0) is 52.9. The van der Waals surface area contributed by atoms with Crippen molar-refractivity contribution in [3.63, 3.8) is 0 Å². The Hall–Kier alpha value is -8.72. The fourth-order valence-corrected chi connectivity index (χ4v) is 7.16. The lowest BCUT2D eigenvalue weighted by Gasteiger charge is -2.20. The molecule has 3 aliphatic rings. The van der Waals surface area contributed by atoms with Gasteiger partial charge in [0.25, 0.3) is 23.6 Å². The zero-order valence-electron chi connectivity index (χ0n) is 35.5. The quantitative estimate of drug-likeness (QED) is 0.0921. The molecule has 0 fully saturated rings. The van der Waals surface area contributed by atoms with Crippen molar-refractivity contribution < 1.29 is 97.5 Å². The van der Waals surface area contributed by atoms with Gasteiger partial charge in [0.15, 0.2) is 29.7 Å². The number of nitrogens with zero attached hydrogens (tertiary/aromatic N) is 3. The second-order valence-electron chi connectivity index (χ2n) is 15.5. The van der Waals surface area contributed by atoms with E-state index >= 15 is 0 Å². The van der Waals surface area contributed by atoms with Crippen LogP contribution in [0.25, 0.3) is 0 Å². The number of benzene rings is 3. The summed E-state index contributed by atoms with van der Waals surface area (Å²) in [7, 11) is 0. The van der Waals surface area contributed by atoms with Crippen LogP contribution in [0.15, 0.2) is 119 Å². The molecule has 72 heavy (non-hydrogen) atoms. The Bertz CT molecular complexity index is 3300. The molecular formula is C45H28F9N3O15. The third-order valence-corrected chi connectivity index (χ3v) is 10.8. The van der Waals surface area contributed by atoms with Gasteiger partial charge in [0.1, 0.15) is 36.1 Å². The van der Waals surface area contributed by atoms with E-state index in [-0.39, 0.29) is 63.8 Å². The van der Waals surface area contributed by atoms with E-state index in [9.17, 15) is 83.3 Å². The number of aliphatic hydroxyl groups is 2. The van der Waals surface area contributed by atoms with E-state index in [1.165, 1.54) is 0 Å². The summed E-state index contributed by atoms with van der Waals surface area (Å²) < 4.78 is 129. The molecule has 0 radical (unpaired) electrons. The lowest BCUT2D eigenvalue weighted by atomic mass is 10.1. The van der Waals surface area contributed by atoms with Crippen LogP contribution in [0.1, 0.15) is 99.0 Å². The van der Waals surface area contributed by atoms with E-state index in [4.69, 9.17) is 28.6 Å². The maximum absolute atomic E-state index is 12.8. The summed E-state index contributed by atoms with van der Waals surface area (Å²) in [6, 6.07) is 9.97. The summed E-state index contributed by atoms with van der Waals surface area (Å²) >= 11 is 0. The number of hydrogen-bond acceptors (Lipinski definition) is 15. The summed E-state index contributed by atoms with van der Waals surface area (Å²) in [6.45, 7) is -1.12. The van der Waals surface area contributed by atoms with E-state index in [1.807, 2.05) is 0 Å². The molecule has 4 amide bonds. The number of aliphatic hydroxyl groups excluding tert-OH is 2. The van der Waals surface area contributed by atoms with Crippen LogP contribution in [0.5, 0.6) is 17.2 Å². The Balaban J connectivity index is 0.000000158. The van der Waals surface area contributed by atoms with Crippen LogP contribution in [0.4, 0.5) is 39.5 Å². The first kappa shape index (κ1) is 51.1. The standard InChI is InChI=1S/2C15H10F3NO5.C15H8F3NO5/c3*16-15(17,18)7-1-2-9-10(3-7)14(23)19(13(9)22)5-8-4-11(20)12(21)6-24-8/h1-4,6,14,21,23H,5H2;1-4,6,13,21-22H,5H2;1-4,6,21H,5H2. The molecule has 3 aromatic carbocycles. The molecule has 0 saturated heterocycles. The third-order valence-electron chi connectivity index (χ3n) is 10.8. The lowest BCUT2D eigenvalue weighted by Crippen LogP contribution is -2.29. The summed E-state index contributed by atoms with van der Waals surface area (Å²) in [5, 5.41) is 47.6. The smallest absolute Gasteiger partial charge is 0.416 e. The minimum absolute atomic E-state index is 0.0333. The molecule has 0 aliphatic carbocycles. The highest BCUT2D eigenvalue weighted by molar-refractivity contribution is 6.21. The molecule has 27 heteroatoms. The number of rotatable bonds is 6. The van der Waals surface area contributed by atoms with Gasteiger partial charge in [0, 0.05) is 40.5 Å². The largest absolute Gasteiger partial charge is 0.502 e. The number of fused-ring (bicyclic) bond motifs is 3. The van der Waals surface area contributed by atoms with Gasteiger partial charge in [-0.1, -0.05) is 6.07 Å². The number of alkyl halides is 9. The number of imide groups is 1. The van der Waals surface area contributed by atoms with Crippen LogP contribution in [-0.2, 0) is 38.2 Å². The van der Waals surface area contributed by atoms with Gasteiger partial charge in [-0.2, -0.15) is 39.5 Å². The van der Waals surface area contributed by atoms with E-state index in [0.717, 1.165) is 77.1 Å². The van der Waals surface area contributed by atoms with Crippen LogP contribution in [0.2, 0.25) is 0 Å². The first-order valence-corrected chi connectivity index (χ1v) is 19.9. The lowest BCUT2D eigenvalue weighted by molar-refractivity contribution is -0.138. The van der Waals surface area contributed by atoms with Crippen LogP contribution in [0, 0.1) is 0 Å². The fourth-order valence-electron chi connectivity index (χ4n) is 7.16. The van der Waals surface area contributed by atoms with Crippen molar-refractivity contribution in [1.29, 1.82) is 0 Å². The number of halogens is 9. The first-order chi connectivity index (χ1) is 33.5. The van der Waals surface area contributed by atoms with Crippen molar-refractivity contribution in [2.45, 2.75) is 50.6 Å². The number of hydrogen-bond donors (Lipinski definition) is 5. The van der Waals surface area contributed by atoms with E-state index in [1.54, 1.807) is 0 Å². The molecule has 3 aromatic heterocycles. The van der Waals surface area contributed by atoms with Crippen molar-refractivity contribution >= 4 is 23.6 Å². The van der Waals surface area contributed by atoms with Gasteiger partial charge in [-0.05, 0) is 48.5 Å². The second kappa shape index (κ2) is 18.9. The van der Waals surface area contributed by atoms with Crippen molar-refractivity contribution in [1.82, 2.24) is 14.7 Å². The van der Waals surface area contributed by atoms with Crippen LogP contribution in [-0.4, -0.2) is 63.9 Å². The predicted octanol–water partition coefficient (Wildman–Crippen LogP) is 6.18. The van der Waals surface area contributed by atoms with Gasteiger partial charge >= 0.3 is 18.5 Å². The summed E-state index contributed by atoms with van der Waals surface area (Å²) in [6.07, 6.45) is -14.6. The Morgan fingerprint density at radius 2 is 0.778 bits per heavy atom. The van der Waals surface area contributed by atoms with Crippen LogP contribution >= 0.6 is 0 Å². The highest BCUT2D eigenvalue weighted by Crippen LogP contribution is 2.40. The van der Waals surface area contributed by atoms with Gasteiger partial charge in [-0.25, -0.2) is 0 Å². The first-order valence-electron chi connectivity index (χ1n) is 19.9. The maximum atomic E-state index is 12.8. The average molecular weight is 1020 g/mol. The molecule has 6 aromatic rings. The van der Waals surface area contributed by atoms with Gasteiger partial charge < -0.3 is 48.6 Å². The molecule has 0 spiro atoms. The van der Waals surface area contributed by atoms with Gasteiger partial charge in [0.05, 0.1) is 47.5 Å². The van der Waals surface area contributed by atoms with Gasteiger partial charge in [-0.3, -0.25) is 38.5 Å². The molecule has 0 saturated carbocycles. The molecular weight excluding hydrogens is 993 g/mol. The Kier molecular flexibility index (Phi) is 13.4. The Morgan fingerprint density at radius 3 is 1.22 bits per heavy atom. The SMILES string of the molecule is O=C1c2cc(C(F)(F)F)ccc2C(O)N1Cc1cc(=O)c(O)co1.O=C1c2ccc(C(F)(F)F)cc2C(=O)N1Cc1cc(=O)c(O)co1.O=C1c2ccc(C(F)(F)F)cc2C(O)N1Cc1cc(=O)c(O)co1. The number of amides is 4. The highest BCUT2D eigenvalue weighted by atomic mass is 19.4. The monoisotopic (exact) mass is 1020 g/mol. The van der Waals surface area contributed by atoms with Gasteiger partial charge in [0.2, 0.25) is 16.3 Å². The molecule has 0 bridgehead atoms. The topological polar surface area (TPSA) is 270 Å². The molecule has 9 rings (SSSR count). The third kappa shape index (κ3) is 10.3. The van der Waals surface area contributed by atoms with Crippen molar-refractivity contribution in [2.75, 3.05) is 0 Å². The van der Waals surface area contributed by atoms with Gasteiger partial charge in [-0.15, -0.1) is 0 Å². The van der Waals surface area contributed by atoms with Crippen LogP contribution in [0.3, 0.4) is 0 Å². The second-order valence-corrected chi connectivity index (χ2v) is 15.5. The molecule has 5 N–H and O–H groups in total. The van der Waals surface area contributed by atoms with Crippen LogP contribution < -0.4 is 16.3 Å². The van der Waals surface area contributed by atoms with Crippen molar-refractivity contribution in [3.05, 3.63) is 190 Å². The molecule has 2 unspecified atom stereocenters. The number of aromatic hydroxyl groups is 3. The fraction of sp³-hybridized carbons (Fsp3) is 0.178. The van der Waals surface area contributed by atoms with E-state index in [0.29, 0.717) is 29.2 Å². The summed E-state index contributed by atoms with van der Waals surface area (Å²) in [5.41, 5.74) is -6.26. The van der Waals surface area contributed by atoms with Crippen molar-refractivity contribution in [2.24, 2.45) is 0 Å². The molecule has 18 nitrogen and oxygen atoms in total. The predicted molar refractivity (Wildman–Crippen MR) is 218 cm³/mol. The number of carbonyl (C=O) groups excluding carboxylic acids is 4. The normalized spacial score (nSPS) is 16.2. The maximum Gasteiger partial charge on any atom is 0.416 e. The minimum atomic E-state index is -4.64. The molecule has 3 aliphatic heterocycles. The average Bonchev–Trinajstić information content (AvgIpc) is 3.80. The minimum Gasteiger partial charge on any atom is -0.502 e. The highest BCUT2D eigenvalue weighted by Gasteiger charge is 2.42. The molecule has 6 heterocycles. The zero-order valence-corrected chi connectivity index (χ0v) is 35.5. The van der Waals surface area contributed by atoms with Crippen molar-refractivity contribution in [3.8, 4) is 17.2 Å². The summed E-state index contributed by atoms with van der Waals surface area (Å²) in [5.74, 6) is -5.27. The van der Waals surface area contributed by atoms with E-state index < -0.39 is 111 Å². The molecule has 2 atom stereocenters. The Morgan fingerprint density at radius 1 is 0.417 bits per heavy atom. The number of carbonyl (C=O) groups is 4. The summed E-state index contributed by atoms with van der Waals surface area (Å²) in [4.78, 5) is 85.3. The molecule has 376 valence electrons. The Labute approximate surface area is 392 Å².